The zero-order valence-electron chi connectivity index (χ0n) is 11.3. The van der Waals surface area contributed by atoms with Gasteiger partial charge in [-0.25, -0.2) is 4.98 Å². The van der Waals surface area contributed by atoms with Crippen molar-refractivity contribution in [1.29, 1.82) is 0 Å². The Kier molecular flexibility index (Phi) is 6.89. The van der Waals surface area contributed by atoms with Crippen molar-refractivity contribution < 1.29 is 4.74 Å². The smallest absolute Gasteiger partial charge is 0.0951 e. The van der Waals surface area contributed by atoms with Crippen LogP contribution in [0.15, 0.2) is 12.5 Å². The van der Waals surface area contributed by atoms with Crippen LogP contribution in [0, 0.1) is 0 Å². The summed E-state index contributed by atoms with van der Waals surface area (Å²) in [4.78, 5) is 4.19. The molecule has 0 aromatic carbocycles. The van der Waals surface area contributed by atoms with Gasteiger partial charge in [-0.1, -0.05) is 0 Å². The monoisotopic (exact) mass is 239 g/mol. The number of nitrogens with zero attached hydrogens (tertiary/aromatic N) is 2. The summed E-state index contributed by atoms with van der Waals surface area (Å²) >= 11 is 0. The predicted octanol–water partition coefficient (Wildman–Crippen LogP) is 2.37. The lowest BCUT2D eigenvalue weighted by Crippen LogP contribution is -2.18. The molecule has 1 heterocycles. The molecule has 1 rings (SSSR count). The number of methoxy groups -OCH3 is 1. The highest BCUT2D eigenvalue weighted by molar-refractivity contribution is 4.99. The minimum absolute atomic E-state index is 0.482. The van der Waals surface area contributed by atoms with Crippen LogP contribution in [0.3, 0.4) is 0 Å². The van der Waals surface area contributed by atoms with Crippen molar-refractivity contribution in [1.82, 2.24) is 14.9 Å². The summed E-state index contributed by atoms with van der Waals surface area (Å²) in [5, 5.41) is 3.46. The Hall–Kier alpha value is -0.870. The maximum atomic E-state index is 5.02. The number of ether oxygens (including phenoxy) is 1. The van der Waals surface area contributed by atoms with Gasteiger partial charge in [-0.15, -0.1) is 0 Å². The Bertz CT molecular complexity index is 297. The topological polar surface area (TPSA) is 39.1 Å². The molecule has 17 heavy (non-hydrogen) atoms. The van der Waals surface area contributed by atoms with E-state index in [4.69, 9.17) is 4.74 Å². The van der Waals surface area contributed by atoms with Crippen molar-refractivity contribution in [3.05, 3.63) is 18.2 Å². The first-order chi connectivity index (χ1) is 8.25. The average Bonchev–Trinajstić information content (AvgIpc) is 2.76. The van der Waals surface area contributed by atoms with Crippen LogP contribution in [0.1, 0.15) is 44.8 Å². The van der Waals surface area contributed by atoms with Gasteiger partial charge in [0.2, 0.25) is 0 Å². The molecule has 0 amide bonds. The van der Waals surface area contributed by atoms with Crippen LogP contribution in [0.4, 0.5) is 0 Å². The van der Waals surface area contributed by atoms with E-state index < -0.39 is 0 Å². The van der Waals surface area contributed by atoms with Crippen molar-refractivity contribution in [3.8, 4) is 0 Å². The Balaban J connectivity index is 2.11. The largest absolute Gasteiger partial charge is 0.385 e. The van der Waals surface area contributed by atoms with E-state index in [-0.39, 0.29) is 0 Å². The fourth-order valence-corrected chi connectivity index (χ4v) is 1.82. The lowest BCUT2D eigenvalue weighted by molar-refractivity contribution is 0.192. The molecule has 0 saturated carbocycles. The quantitative estimate of drug-likeness (QED) is 0.672. The Labute approximate surface area is 104 Å². The van der Waals surface area contributed by atoms with Crippen LogP contribution in [0.2, 0.25) is 0 Å². The molecule has 0 fully saturated rings. The van der Waals surface area contributed by atoms with Crippen molar-refractivity contribution in [2.45, 2.75) is 45.7 Å². The van der Waals surface area contributed by atoms with Gasteiger partial charge < -0.3 is 14.6 Å². The van der Waals surface area contributed by atoms with Crippen LogP contribution >= 0.6 is 0 Å². The number of aromatic nitrogens is 2. The van der Waals surface area contributed by atoms with Crippen LogP contribution in [-0.4, -0.2) is 29.8 Å². The van der Waals surface area contributed by atoms with E-state index in [1.807, 2.05) is 12.5 Å². The van der Waals surface area contributed by atoms with Crippen LogP contribution < -0.4 is 5.32 Å². The van der Waals surface area contributed by atoms with Crippen LogP contribution in [-0.2, 0) is 11.3 Å². The minimum atomic E-state index is 0.482. The molecule has 0 atom stereocenters. The number of rotatable bonds is 9. The first kappa shape index (κ1) is 14.2. The predicted molar refractivity (Wildman–Crippen MR) is 70.0 cm³/mol. The van der Waals surface area contributed by atoms with E-state index in [1.54, 1.807) is 7.11 Å². The second-order valence-electron chi connectivity index (χ2n) is 4.62. The summed E-state index contributed by atoms with van der Waals surface area (Å²) in [6.07, 6.45) is 7.43. The van der Waals surface area contributed by atoms with Gasteiger partial charge in [0.05, 0.1) is 12.0 Å². The fourth-order valence-electron chi connectivity index (χ4n) is 1.82. The third-order valence-corrected chi connectivity index (χ3v) is 2.81. The van der Waals surface area contributed by atoms with Gasteiger partial charge in [-0.05, 0) is 39.7 Å². The van der Waals surface area contributed by atoms with E-state index in [9.17, 15) is 0 Å². The van der Waals surface area contributed by atoms with Crippen molar-refractivity contribution in [2.24, 2.45) is 0 Å². The molecule has 4 heteroatoms. The molecule has 1 aromatic heterocycles. The van der Waals surface area contributed by atoms with Gasteiger partial charge in [-0.3, -0.25) is 0 Å². The number of hydrogen-bond acceptors (Lipinski definition) is 3. The van der Waals surface area contributed by atoms with Gasteiger partial charge >= 0.3 is 0 Å². The maximum Gasteiger partial charge on any atom is 0.0951 e. The van der Waals surface area contributed by atoms with E-state index in [1.165, 1.54) is 18.5 Å². The highest BCUT2D eigenvalue weighted by Gasteiger charge is 2.03. The second-order valence-corrected chi connectivity index (χ2v) is 4.62. The van der Waals surface area contributed by atoms with E-state index in [0.717, 1.165) is 26.1 Å². The molecule has 0 radical (unpaired) electrons. The van der Waals surface area contributed by atoms with Crippen LogP contribution in [0.25, 0.3) is 0 Å². The summed E-state index contributed by atoms with van der Waals surface area (Å²) in [6.45, 7) is 7.20. The van der Waals surface area contributed by atoms with Crippen LogP contribution in [0.5, 0.6) is 0 Å². The van der Waals surface area contributed by atoms with Crippen molar-refractivity contribution in [3.63, 3.8) is 0 Å². The molecule has 4 nitrogen and oxygen atoms in total. The average molecular weight is 239 g/mol. The number of nitrogens with one attached hydrogen (secondary N) is 1. The summed E-state index contributed by atoms with van der Waals surface area (Å²) in [5.41, 5.74) is 1.26. The molecule has 0 bridgehead atoms. The lowest BCUT2D eigenvalue weighted by atomic mass is 10.2. The molecule has 0 aliphatic carbocycles. The van der Waals surface area contributed by atoms with Crippen molar-refractivity contribution in [2.75, 3.05) is 20.3 Å². The highest BCUT2D eigenvalue weighted by atomic mass is 16.5. The molecule has 1 N–H and O–H groups in total. The molecule has 0 unspecified atom stereocenters. The second kappa shape index (κ2) is 8.25. The van der Waals surface area contributed by atoms with Gasteiger partial charge in [-0.2, -0.15) is 0 Å². The van der Waals surface area contributed by atoms with Gasteiger partial charge in [0.1, 0.15) is 0 Å². The molecule has 0 aliphatic heterocycles. The Morgan fingerprint density at radius 3 is 2.88 bits per heavy atom. The summed E-state index contributed by atoms with van der Waals surface area (Å²) in [6, 6.07) is 0.482. The molecule has 1 aromatic rings. The summed E-state index contributed by atoms with van der Waals surface area (Å²) < 4.78 is 7.22. The Morgan fingerprint density at radius 1 is 1.35 bits per heavy atom. The standard InChI is InChI=1S/C13H25N3O/c1-12(2)16-11-15-10-13(16)9-14-7-5-4-6-8-17-3/h10-12,14H,4-9H2,1-3H3. The van der Waals surface area contributed by atoms with E-state index >= 15 is 0 Å². The van der Waals surface area contributed by atoms with Gasteiger partial charge in [0.15, 0.2) is 0 Å². The molecular formula is C13H25N3O. The third-order valence-electron chi connectivity index (χ3n) is 2.81. The summed E-state index contributed by atoms with van der Waals surface area (Å²) in [7, 11) is 1.76. The minimum Gasteiger partial charge on any atom is -0.385 e. The normalized spacial score (nSPS) is 11.3. The molecule has 0 spiro atoms. The first-order valence-corrected chi connectivity index (χ1v) is 6.46. The third kappa shape index (κ3) is 5.33. The maximum absolute atomic E-state index is 5.02. The van der Waals surface area contributed by atoms with E-state index in [2.05, 4.69) is 28.7 Å². The number of hydrogen-bond donors (Lipinski definition) is 1. The number of imidazole rings is 1. The summed E-state index contributed by atoms with van der Waals surface area (Å²) in [5.74, 6) is 0. The molecule has 0 saturated heterocycles. The van der Waals surface area contributed by atoms with Gasteiger partial charge in [0.25, 0.3) is 0 Å². The zero-order valence-corrected chi connectivity index (χ0v) is 11.3. The molecule has 0 aliphatic rings. The first-order valence-electron chi connectivity index (χ1n) is 6.46. The lowest BCUT2D eigenvalue weighted by Gasteiger charge is -2.12. The van der Waals surface area contributed by atoms with E-state index in [0.29, 0.717) is 6.04 Å². The van der Waals surface area contributed by atoms with Crippen molar-refractivity contribution >= 4 is 0 Å². The number of unbranched alkanes of at least 4 members (excludes halogenated alkanes) is 2. The fraction of sp³-hybridized carbons (Fsp3) is 0.769. The SMILES string of the molecule is COCCCCCNCc1cncn1C(C)C. The van der Waals surface area contributed by atoms with Gasteiger partial charge in [0, 0.05) is 32.5 Å². The highest BCUT2D eigenvalue weighted by Crippen LogP contribution is 2.08. The molecular weight excluding hydrogens is 214 g/mol. The zero-order chi connectivity index (χ0) is 12.5. The molecule has 98 valence electrons. The Morgan fingerprint density at radius 2 is 2.18 bits per heavy atom.